The zero-order chi connectivity index (χ0) is 13.0. The second kappa shape index (κ2) is 5.56. The summed E-state index contributed by atoms with van der Waals surface area (Å²) in [6.45, 7) is 0. The van der Waals surface area contributed by atoms with Crippen LogP contribution in [0.4, 0.5) is 17.1 Å². The Labute approximate surface area is 114 Å². The summed E-state index contributed by atoms with van der Waals surface area (Å²) in [6.07, 6.45) is 0.319. The highest BCUT2D eigenvalue weighted by molar-refractivity contribution is 9.10. The van der Waals surface area contributed by atoms with E-state index in [0.29, 0.717) is 12.1 Å². The third-order valence-electron chi connectivity index (χ3n) is 2.53. The maximum Gasteiger partial charge on any atom is 0.0670 e. The van der Waals surface area contributed by atoms with Crippen LogP contribution in [0.25, 0.3) is 0 Å². The average molecular weight is 302 g/mol. The van der Waals surface area contributed by atoms with Crippen LogP contribution in [0.15, 0.2) is 46.9 Å². The summed E-state index contributed by atoms with van der Waals surface area (Å²) in [4.78, 5) is 0. The Kier molecular flexibility index (Phi) is 3.85. The lowest BCUT2D eigenvalue weighted by Gasteiger charge is -2.09. The molecule has 0 saturated carbocycles. The second-order valence-corrected chi connectivity index (χ2v) is 4.80. The molecule has 0 amide bonds. The Morgan fingerprint density at radius 2 is 1.94 bits per heavy atom. The molecule has 18 heavy (non-hydrogen) atoms. The van der Waals surface area contributed by atoms with Crippen molar-refractivity contribution in [3.05, 3.63) is 52.5 Å². The monoisotopic (exact) mass is 301 g/mol. The van der Waals surface area contributed by atoms with Gasteiger partial charge in [0.15, 0.2) is 0 Å². The van der Waals surface area contributed by atoms with E-state index < -0.39 is 0 Å². The van der Waals surface area contributed by atoms with Gasteiger partial charge in [0.1, 0.15) is 0 Å². The first-order chi connectivity index (χ1) is 8.69. The van der Waals surface area contributed by atoms with Crippen molar-refractivity contribution in [2.24, 2.45) is 0 Å². The molecule has 3 nitrogen and oxygen atoms in total. The molecule has 4 heteroatoms. The van der Waals surface area contributed by atoms with E-state index in [9.17, 15) is 0 Å². The van der Waals surface area contributed by atoms with Gasteiger partial charge in [-0.2, -0.15) is 5.26 Å². The molecule has 0 fully saturated rings. The van der Waals surface area contributed by atoms with Crippen molar-refractivity contribution >= 4 is 33.0 Å². The van der Waals surface area contributed by atoms with Gasteiger partial charge in [-0.05, 0) is 42.0 Å². The fraction of sp³-hybridized carbons (Fsp3) is 0.0714. The molecule has 0 aliphatic rings. The maximum atomic E-state index is 8.73. The van der Waals surface area contributed by atoms with Gasteiger partial charge < -0.3 is 11.1 Å². The number of benzene rings is 2. The van der Waals surface area contributed by atoms with Gasteiger partial charge in [-0.25, -0.2) is 0 Å². The number of nitrogen functional groups attached to an aromatic ring is 1. The van der Waals surface area contributed by atoms with Crippen LogP contribution in [0.3, 0.4) is 0 Å². The summed E-state index contributed by atoms with van der Waals surface area (Å²) >= 11 is 3.42. The summed E-state index contributed by atoms with van der Waals surface area (Å²) < 4.78 is 1.01. The number of hydrogen-bond acceptors (Lipinski definition) is 3. The Bertz CT molecular complexity index is 602. The average Bonchev–Trinajstić information content (AvgIpc) is 2.34. The molecule has 0 aliphatic heterocycles. The zero-order valence-electron chi connectivity index (χ0n) is 9.65. The van der Waals surface area contributed by atoms with Crippen molar-refractivity contribution in [3.63, 3.8) is 0 Å². The van der Waals surface area contributed by atoms with Crippen molar-refractivity contribution in [2.75, 3.05) is 11.1 Å². The summed E-state index contributed by atoms with van der Waals surface area (Å²) in [5.41, 5.74) is 9.21. The quantitative estimate of drug-likeness (QED) is 0.847. The SMILES string of the molecule is N#CCc1cc(Nc2cccc(Br)c2)ccc1N. The summed E-state index contributed by atoms with van der Waals surface area (Å²) in [5.74, 6) is 0. The summed E-state index contributed by atoms with van der Waals surface area (Å²) in [6, 6.07) is 15.6. The zero-order valence-corrected chi connectivity index (χ0v) is 11.2. The van der Waals surface area contributed by atoms with Crippen LogP contribution in [0.1, 0.15) is 5.56 Å². The third-order valence-corrected chi connectivity index (χ3v) is 3.02. The van der Waals surface area contributed by atoms with E-state index >= 15 is 0 Å². The molecular weight excluding hydrogens is 290 g/mol. The Morgan fingerprint density at radius 3 is 2.67 bits per heavy atom. The van der Waals surface area contributed by atoms with E-state index in [2.05, 4.69) is 27.3 Å². The number of hydrogen-bond donors (Lipinski definition) is 2. The molecule has 0 unspecified atom stereocenters. The van der Waals surface area contributed by atoms with Crippen LogP contribution >= 0.6 is 15.9 Å². The van der Waals surface area contributed by atoms with Crippen LogP contribution in [0, 0.1) is 11.3 Å². The van der Waals surface area contributed by atoms with Crippen LogP contribution < -0.4 is 11.1 Å². The molecule has 0 heterocycles. The molecule has 2 aromatic rings. The number of nitriles is 1. The van der Waals surface area contributed by atoms with Crippen molar-refractivity contribution in [1.29, 1.82) is 5.26 Å². The first kappa shape index (κ1) is 12.5. The van der Waals surface area contributed by atoms with Gasteiger partial charge in [0.2, 0.25) is 0 Å². The van der Waals surface area contributed by atoms with Crippen LogP contribution in [-0.4, -0.2) is 0 Å². The fourth-order valence-electron chi connectivity index (χ4n) is 1.65. The molecular formula is C14H12BrN3. The molecule has 0 spiro atoms. The van der Waals surface area contributed by atoms with E-state index in [1.165, 1.54) is 0 Å². The molecule has 0 aliphatic carbocycles. The highest BCUT2D eigenvalue weighted by Gasteiger charge is 2.01. The summed E-state index contributed by atoms with van der Waals surface area (Å²) in [5, 5.41) is 12.0. The van der Waals surface area contributed by atoms with Crippen LogP contribution in [0.2, 0.25) is 0 Å². The van der Waals surface area contributed by atoms with E-state index in [1.807, 2.05) is 42.5 Å². The molecule has 0 aromatic heterocycles. The molecule has 2 aromatic carbocycles. The normalized spacial score (nSPS) is 9.78. The van der Waals surface area contributed by atoms with E-state index in [0.717, 1.165) is 21.4 Å². The number of nitrogens with one attached hydrogen (secondary N) is 1. The Hall–Kier alpha value is -1.99. The smallest absolute Gasteiger partial charge is 0.0670 e. The molecule has 0 radical (unpaired) electrons. The topological polar surface area (TPSA) is 61.8 Å². The molecule has 0 saturated heterocycles. The van der Waals surface area contributed by atoms with Gasteiger partial charge in [0.05, 0.1) is 12.5 Å². The van der Waals surface area contributed by atoms with Gasteiger partial charge in [0, 0.05) is 21.5 Å². The third kappa shape index (κ3) is 3.02. The minimum atomic E-state index is 0.319. The highest BCUT2D eigenvalue weighted by atomic mass is 79.9. The predicted molar refractivity (Wildman–Crippen MR) is 77.6 cm³/mol. The van der Waals surface area contributed by atoms with Crippen LogP contribution in [0.5, 0.6) is 0 Å². The number of nitrogens with two attached hydrogens (primary N) is 1. The van der Waals surface area contributed by atoms with E-state index in [4.69, 9.17) is 11.0 Å². The van der Waals surface area contributed by atoms with Gasteiger partial charge in [-0.15, -0.1) is 0 Å². The van der Waals surface area contributed by atoms with Gasteiger partial charge in [-0.1, -0.05) is 22.0 Å². The molecule has 0 bridgehead atoms. The fourth-order valence-corrected chi connectivity index (χ4v) is 2.05. The largest absolute Gasteiger partial charge is 0.398 e. The first-order valence-electron chi connectivity index (χ1n) is 5.47. The number of nitrogens with zero attached hydrogens (tertiary/aromatic N) is 1. The Balaban J connectivity index is 2.24. The van der Waals surface area contributed by atoms with Gasteiger partial charge in [0.25, 0.3) is 0 Å². The first-order valence-corrected chi connectivity index (χ1v) is 6.26. The highest BCUT2D eigenvalue weighted by Crippen LogP contribution is 2.23. The van der Waals surface area contributed by atoms with Crippen molar-refractivity contribution in [1.82, 2.24) is 0 Å². The van der Waals surface area contributed by atoms with Gasteiger partial charge >= 0.3 is 0 Å². The number of anilines is 3. The minimum absolute atomic E-state index is 0.319. The van der Waals surface area contributed by atoms with Crippen molar-refractivity contribution in [2.45, 2.75) is 6.42 Å². The van der Waals surface area contributed by atoms with Crippen molar-refractivity contribution in [3.8, 4) is 6.07 Å². The maximum absolute atomic E-state index is 8.73. The van der Waals surface area contributed by atoms with E-state index in [1.54, 1.807) is 0 Å². The lowest BCUT2D eigenvalue weighted by atomic mass is 10.1. The lowest BCUT2D eigenvalue weighted by molar-refractivity contribution is 1.27. The van der Waals surface area contributed by atoms with E-state index in [-0.39, 0.29) is 0 Å². The summed E-state index contributed by atoms with van der Waals surface area (Å²) in [7, 11) is 0. The standard InChI is InChI=1S/C14H12BrN3/c15-11-2-1-3-12(9-11)18-13-4-5-14(17)10(8-13)6-7-16/h1-5,8-9,18H,6,17H2. The number of halogens is 1. The molecule has 90 valence electrons. The molecule has 3 N–H and O–H groups in total. The van der Waals surface area contributed by atoms with Gasteiger partial charge in [-0.3, -0.25) is 0 Å². The second-order valence-electron chi connectivity index (χ2n) is 3.88. The Morgan fingerprint density at radius 1 is 1.17 bits per heavy atom. The minimum Gasteiger partial charge on any atom is -0.398 e. The molecule has 2 rings (SSSR count). The number of rotatable bonds is 3. The van der Waals surface area contributed by atoms with Crippen molar-refractivity contribution < 1.29 is 0 Å². The molecule has 0 atom stereocenters. The predicted octanol–water partition coefficient (Wildman–Crippen LogP) is 3.84. The van der Waals surface area contributed by atoms with Crippen LogP contribution in [-0.2, 0) is 6.42 Å². The lowest BCUT2D eigenvalue weighted by Crippen LogP contribution is -1.96.